The van der Waals surface area contributed by atoms with Gasteiger partial charge in [-0.05, 0) is 174 Å². The number of hydrogen-bond donors (Lipinski definition) is 0. The van der Waals surface area contributed by atoms with Gasteiger partial charge in [-0.2, -0.15) is 0 Å². The van der Waals surface area contributed by atoms with Crippen LogP contribution in [0.3, 0.4) is 0 Å². The van der Waals surface area contributed by atoms with Crippen LogP contribution in [0.25, 0.3) is 234 Å². The summed E-state index contributed by atoms with van der Waals surface area (Å²) in [6, 6.07) is 196. The standard InChI is InChI=1S/C56H36N6.C42H28N2.C17H12N.2C11H8N.Ir/c1-5-16-39(17-6-1)51-57-52(40-18-7-2-8-19-40)60-55(59-51)43-32-28-37(29-33-43)45-26-15-27-48-46-24-13-14-25-47(46)49(36-50(45)48)38-30-34-44(35-31-38)56-61-53(41-20-9-3-10-21-41)58-54(62-56)42-22-11-4-12-23-42;1-3-11-29(12-4-1)30-19-23-34(24-20-30)44-40-18-10-8-16-36(40)38-28-32(22-26-42(38)44)31-21-25-41-37(27-31)35-15-7-9-17-39(35)43(41)33-13-5-2-6-14-33;1-2-7-14(8-3-1)15-9-6-10-16(13-15)17-11-4-5-12-18-17;2*1-2-6-10(7-3-1)11-8-4-5-9-12-11;/h1-36H;1-28H;1-9,11-13H;2*1-6,8-9H;/q;;3*-1;+3. The zero-order valence-electron chi connectivity index (χ0n) is 80.9. The molecule has 0 N–H and O–H groups in total. The Balaban J connectivity index is 0.000000123. The Labute approximate surface area is 878 Å². The predicted octanol–water partition coefficient (Wildman–Crippen LogP) is 34.2. The molecule has 11 nitrogen and oxygen atoms in total. The summed E-state index contributed by atoms with van der Waals surface area (Å²) in [7, 11) is 0. The van der Waals surface area contributed by atoms with Crippen LogP contribution in [-0.4, -0.2) is 54.0 Å². The van der Waals surface area contributed by atoms with E-state index in [1.54, 1.807) is 18.6 Å². The fourth-order valence-corrected chi connectivity index (χ4v) is 19.1. The number of hydrogen-bond acceptors (Lipinski definition) is 9. The minimum atomic E-state index is 0. The summed E-state index contributed by atoms with van der Waals surface area (Å²) in [6.07, 6.45) is 5.38. The second-order valence-corrected chi connectivity index (χ2v) is 35.6. The smallest absolute Gasteiger partial charge is 0.309 e. The molecule has 0 aliphatic rings. The van der Waals surface area contributed by atoms with Crippen LogP contribution in [0.1, 0.15) is 0 Å². The van der Waals surface area contributed by atoms with Gasteiger partial charge in [0.25, 0.3) is 0 Å². The van der Waals surface area contributed by atoms with Crippen molar-refractivity contribution >= 4 is 65.2 Å². The van der Waals surface area contributed by atoms with E-state index in [-0.39, 0.29) is 20.1 Å². The van der Waals surface area contributed by atoms with Gasteiger partial charge in [0.1, 0.15) is 0 Å². The molecular weight excluding hydrogens is 1990 g/mol. The molecule has 0 amide bonds. The Morgan fingerprint density at radius 2 is 0.443 bits per heavy atom. The van der Waals surface area contributed by atoms with Crippen LogP contribution in [-0.2, 0) is 20.1 Å². The van der Waals surface area contributed by atoms with Gasteiger partial charge in [-0.25, -0.2) is 29.9 Å². The third-order valence-corrected chi connectivity index (χ3v) is 26.3. The van der Waals surface area contributed by atoms with Gasteiger partial charge < -0.3 is 24.1 Å². The largest absolute Gasteiger partial charge is 3.00 e. The second kappa shape index (κ2) is 44.7. The van der Waals surface area contributed by atoms with Gasteiger partial charge in [0, 0.05) is 84.9 Å². The summed E-state index contributed by atoms with van der Waals surface area (Å²) >= 11 is 0. The Kier molecular flexibility index (Phi) is 28.3. The van der Waals surface area contributed by atoms with Crippen LogP contribution >= 0.6 is 0 Å². The molecule has 7 aromatic heterocycles. The van der Waals surface area contributed by atoms with E-state index >= 15 is 0 Å². The van der Waals surface area contributed by atoms with E-state index in [0.717, 1.165) is 89.4 Å². The van der Waals surface area contributed by atoms with E-state index in [1.165, 1.54) is 110 Å². The minimum absolute atomic E-state index is 0. The molecule has 0 atom stereocenters. The fraction of sp³-hybridized carbons (Fsp3) is 0. The summed E-state index contributed by atoms with van der Waals surface area (Å²) in [4.78, 5) is 42.4. The number of rotatable bonds is 16. The molecular formula is C137H92IrN11. The first kappa shape index (κ1) is 94.5. The first-order valence-electron chi connectivity index (χ1n) is 49.3. The third kappa shape index (κ3) is 21.0. The number of aromatic nitrogens is 11. The first-order chi connectivity index (χ1) is 73.4. The van der Waals surface area contributed by atoms with Crippen LogP contribution in [0.2, 0.25) is 0 Å². The van der Waals surface area contributed by atoms with E-state index in [4.69, 9.17) is 29.9 Å². The van der Waals surface area contributed by atoms with Crippen molar-refractivity contribution in [2.45, 2.75) is 0 Å². The molecule has 27 aromatic rings. The average Bonchev–Trinajstić information content (AvgIpc) is 1.58. The van der Waals surface area contributed by atoms with Gasteiger partial charge in [-0.15, -0.1) is 107 Å². The van der Waals surface area contributed by atoms with Gasteiger partial charge in [0.05, 0.1) is 22.1 Å². The fourth-order valence-electron chi connectivity index (χ4n) is 19.1. The molecule has 0 spiro atoms. The summed E-state index contributed by atoms with van der Waals surface area (Å²) < 4.78 is 4.76. The van der Waals surface area contributed by atoms with Gasteiger partial charge in [-0.1, -0.05) is 388 Å². The predicted molar refractivity (Wildman–Crippen MR) is 609 cm³/mol. The Morgan fingerprint density at radius 3 is 0.852 bits per heavy atom. The van der Waals surface area contributed by atoms with Crippen molar-refractivity contribution in [1.82, 2.24) is 54.0 Å². The quantitative estimate of drug-likeness (QED) is 0.0686. The molecule has 0 saturated carbocycles. The van der Waals surface area contributed by atoms with Gasteiger partial charge in [-0.3, -0.25) is 0 Å². The summed E-state index contributed by atoms with van der Waals surface area (Å²) in [5.41, 5.74) is 30.6. The maximum absolute atomic E-state index is 4.97. The van der Waals surface area contributed by atoms with Crippen molar-refractivity contribution in [2.24, 2.45) is 0 Å². The molecule has 0 bridgehead atoms. The topological polar surface area (TPSA) is 126 Å². The zero-order chi connectivity index (χ0) is 98.9. The summed E-state index contributed by atoms with van der Waals surface area (Å²) in [5, 5.41) is 9.83. The third-order valence-electron chi connectivity index (χ3n) is 26.3. The van der Waals surface area contributed by atoms with Crippen molar-refractivity contribution in [3.05, 3.63) is 577 Å². The zero-order valence-corrected chi connectivity index (χ0v) is 83.3. The SMILES string of the molecule is [Ir+3].[c-]1ccc(-c2ccccc2)cc1-c1ccccn1.[c-]1ccccc1-c1ccccn1.[c-]1ccccc1-c1ccccn1.c1ccc(-c2ccc(-n3c4ccccc4c4cc(-c5ccc6c(c5)c5ccccc5n6-c5ccccc5)ccc43)cc2)cc1.c1ccc(-c2nc(-c3ccccc3)nc(-c3ccc(-c4cc5c(-c6ccc(-c7nc(-c8ccccc8)nc(-c8ccccc8)n7)cc6)cccc5c5ccccc45)cc3)n2)cc1. The minimum Gasteiger partial charge on any atom is -0.309 e. The molecule has 0 saturated heterocycles. The molecule has 12 heteroatoms. The number of fused-ring (bicyclic) bond motifs is 9. The van der Waals surface area contributed by atoms with Gasteiger partial charge in [0.15, 0.2) is 34.9 Å². The van der Waals surface area contributed by atoms with E-state index in [9.17, 15) is 0 Å². The normalized spacial score (nSPS) is 10.9. The monoisotopic (exact) mass is 2080 g/mol. The second-order valence-electron chi connectivity index (χ2n) is 35.6. The summed E-state index contributed by atoms with van der Waals surface area (Å²) in [6.45, 7) is 0. The molecule has 0 unspecified atom stereocenters. The van der Waals surface area contributed by atoms with Crippen LogP contribution in [0.15, 0.2) is 558 Å². The van der Waals surface area contributed by atoms with Crippen LogP contribution in [0, 0.1) is 18.2 Å². The summed E-state index contributed by atoms with van der Waals surface area (Å²) in [5.74, 6) is 3.82. The number of nitrogens with zero attached hydrogens (tertiary/aromatic N) is 11. The van der Waals surface area contributed by atoms with Gasteiger partial charge in [0.2, 0.25) is 0 Å². The van der Waals surface area contributed by atoms with Crippen molar-refractivity contribution < 1.29 is 20.1 Å². The Hall–Kier alpha value is -19.4. The molecule has 27 rings (SSSR count). The number of para-hydroxylation sites is 3. The number of benzene rings is 20. The Morgan fingerprint density at radius 1 is 0.154 bits per heavy atom. The van der Waals surface area contributed by atoms with E-state index < -0.39 is 0 Å². The molecule has 149 heavy (non-hydrogen) atoms. The van der Waals surface area contributed by atoms with Crippen molar-refractivity contribution in [3.63, 3.8) is 0 Å². The van der Waals surface area contributed by atoms with Crippen molar-refractivity contribution in [3.8, 4) is 169 Å². The maximum Gasteiger partial charge on any atom is 3.00 e. The van der Waals surface area contributed by atoms with Crippen LogP contribution < -0.4 is 0 Å². The Bertz CT molecular complexity index is 8910. The number of pyridine rings is 3. The van der Waals surface area contributed by atoms with Crippen LogP contribution in [0.5, 0.6) is 0 Å². The van der Waals surface area contributed by atoms with Gasteiger partial charge >= 0.3 is 20.1 Å². The maximum atomic E-state index is 4.97. The molecule has 0 fully saturated rings. The molecule has 0 aliphatic carbocycles. The first-order valence-corrected chi connectivity index (χ1v) is 49.3. The molecule has 7 heterocycles. The molecule has 20 aromatic carbocycles. The molecule has 704 valence electrons. The van der Waals surface area contributed by atoms with E-state index in [2.05, 4.69) is 333 Å². The molecule has 0 radical (unpaired) electrons. The average molecular weight is 2080 g/mol. The van der Waals surface area contributed by atoms with E-state index in [1.807, 2.05) is 249 Å². The van der Waals surface area contributed by atoms with Crippen molar-refractivity contribution in [1.29, 1.82) is 0 Å². The van der Waals surface area contributed by atoms with Crippen LogP contribution in [0.4, 0.5) is 0 Å². The van der Waals surface area contributed by atoms with Crippen molar-refractivity contribution in [2.75, 3.05) is 0 Å². The van der Waals surface area contributed by atoms with E-state index in [0.29, 0.717) is 34.9 Å². The molecule has 0 aliphatic heterocycles.